The highest BCUT2D eigenvalue weighted by Gasteiger charge is 2.08. The van der Waals surface area contributed by atoms with Crippen LogP contribution in [0.2, 0.25) is 0 Å². The van der Waals surface area contributed by atoms with Gasteiger partial charge in [-0.05, 0) is 49.2 Å². The summed E-state index contributed by atoms with van der Waals surface area (Å²) in [6.45, 7) is 3.24. The van der Waals surface area contributed by atoms with E-state index in [-0.39, 0.29) is 24.3 Å². The molecule has 8 heteroatoms. The van der Waals surface area contributed by atoms with Crippen LogP contribution >= 0.6 is 0 Å². The number of amides is 3. The van der Waals surface area contributed by atoms with Gasteiger partial charge in [0.15, 0.2) is 0 Å². The Morgan fingerprint density at radius 1 is 0.848 bits per heavy atom. The largest absolute Gasteiger partial charge is 0.385 e. The number of hydrogen-bond donors (Lipinski definition) is 4. The number of carbonyl (C=O) groups is 3. The molecule has 0 atom stereocenters. The Hall–Kier alpha value is -3.39. The van der Waals surface area contributed by atoms with Gasteiger partial charge in [0, 0.05) is 49.3 Å². The molecule has 0 bridgehead atoms. The molecule has 0 aromatic heterocycles. The van der Waals surface area contributed by atoms with Gasteiger partial charge in [-0.1, -0.05) is 31.9 Å². The molecule has 178 valence electrons. The molecule has 4 N–H and O–H groups in total. The lowest BCUT2D eigenvalue weighted by Crippen LogP contribution is -2.25. The summed E-state index contributed by atoms with van der Waals surface area (Å²) in [7, 11) is 1.62. The third-order valence-electron chi connectivity index (χ3n) is 4.83. The van der Waals surface area contributed by atoms with Gasteiger partial charge in [0.25, 0.3) is 5.91 Å². The summed E-state index contributed by atoms with van der Waals surface area (Å²) >= 11 is 0. The van der Waals surface area contributed by atoms with Gasteiger partial charge < -0.3 is 26.0 Å². The highest BCUT2D eigenvalue weighted by molar-refractivity contribution is 5.98. The lowest BCUT2D eigenvalue weighted by atomic mass is 10.2. The smallest absolute Gasteiger partial charge is 0.251 e. The molecule has 0 aliphatic carbocycles. The van der Waals surface area contributed by atoms with Crippen molar-refractivity contribution >= 4 is 34.8 Å². The Kier molecular flexibility index (Phi) is 11.5. The number of methoxy groups -OCH3 is 1. The minimum atomic E-state index is -0.248. The molecule has 0 saturated carbocycles. The minimum absolute atomic E-state index is 0.0130. The molecule has 2 aromatic carbocycles. The molecule has 33 heavy (non-hydrogen) atoms. The van der Waals surface area contributed by atoms with Crippen LogP contribution < -0.4 is 21.3 Å². The zero-order valence-corrected chi connectivity index (χ0v) is 19.4. The van der Waals surface area contributed by atoms with E-state index in [4.69, 9.17) is 4.74 Å². The van der Waals surface area contributed by atoms with E-state index in [9.17, 15) is 14.4 Å². The van der Waals surface area contributed by atoms with Crippen molar-refractivity contribution in [2.24, 2.45) is 0 Å². The molecule has 3 amide bonds. The summed E-state index contributed by atoms with van der Waals surface area (Å²) in [6, 6.07) is 14.0. The van der Waals surface area contributed by atoms with Crippen LogP contribution in [0.1, 0.15) is 49.4 Å². The van der Waals surface area contributed by atoms with Gasteiger partial charge in [0.05, 0.1) is 6.54 Å². The molecular formula is C25H34N4O4. The fraction of sp³-hybridized carbons (Fsp3) is 0.400. The highest BCUT2D eigenvalue weighted by atomic mass is 16.5. The minimum Gasteiger partial charge on any atom is -0.385 e. The zero-order chi connectivity index (χ0) is 23.9. The predicted molar refractivity (Wildman–Crippen MR) is 132 cm³/mol. The van der Waals surface area contributed by atoms with Crippen LogP contribution in [0.5, 0.6) is 0 Å². The number of rotatable bonds is 14. The van der Waals surface area contributed by atoms with Crippen molar-refractivity contribution in [1.29, 1.82) is 0 Å². The normalized spacial score (nSPS) is 10.4. The second-order valence-corrected chi connectivity index (χ2v) is 7.67. The summed E-state index contributed by atoms with van der Waals surface area (Å²) in [5.41, 5.74) is 2.42. The number of anilines is 3. The quantitative estimate of drug-likeness (QED) is 0.323. The highest BCUT2D eigenvalue weighted by Crippen LogP contribution is 2.16. The van der Waals surface area contributed by atoms with Gasteiger partial charge in [-0.3, -0.25) is 14.4 Å². The van der Waals surface area contributed by atoms with Gasteiger partial charge in [0.2, 0.25) is 11.8 Å². The molecule has 8 nitrogen and oxygen atoms in total. The SMILES string of the molecule is CCCCCC(=O)Nc1cccc(NCC(=O)Nc2cccc(C(=O)NCCCOC)c2)c1. The van der Waals surface area contributed by atoms with Crippen LogP contribution in [0.4, 0.5) is 17.1 Å². The first-order valence-electron chi connectivity index (χ1n) is 11.3. The van der Waals surface area contributed by atoms with Crippen LogP contribution in [-0.4, -0.2) is 44.5 Å². The van der Waals surface area contributed by atoms with Crippen LogP contribution in [0, 0.1) is 0 Å². The first-order chi connectivity index (χ1) is 16.0. The fourth-order valence-corrected chi connectivity index (χ4v) is 3.11. The molecular weight excluding hydrogens is 420 g/mol. The van der Waals surface area contributed by atoms with Crippen molar-refractivity contribution in [1.82, 2.24) is 5.32 Å². The number of unbranched alkanes of at least 4 members (excludes halogenated alkanes) is 2. The third-order valence-corrected chi connectivity index (χ3v) is 4.83. The average Bonchev–Trinajstić information content (AvgIpc) is 2.81. The second-order valence-electron chi connectivity index (χ2n) is 7.67. The fourth-order valence-electron chi connectivity index (χ4n) is 3.11. The lowest BCUT2D eigenvalue weighted by molar-refractivity contribution is -0.116. The molecule has 2 aromatic rings. The topological polar surface area (TPSA) is 109 Å². The number of benzene rings is 2. The summed E-state index contributed by atoms with van der Waals surface area (Å²) < 4.78 is 4.97. The maximum atomic E-state index is 12.4. The zero-order valence-electron chi connectivity index (χ0n) is 19.4. The van der Waals surface area contributed by atoms with Gasteiger partial charge >= 0.3 is 0 Å². The predicted octanol–water partition coefficient (Wildman–Crippen LogP) is 4.02. The van der Waals surface area contributed by atoms with Gasteiger partial charge in [-0.25, -0.2) is 0 Å². The van der Waals surface area contributed by atoms with Gasteiger partial charge in [0.1, 0.15) is 0 Å². The molecule has 0 heterocycles. The van der Waals surface area contributed by atoms with Gasteiger partial charge in [-0.2, -0.15) is 0 Å². The van der Waals surface area contributed by atoms with E-state index in [0.29, 0.717) is 36.5 Å². The van der Waals surface area contributed by atoms with Gasteiger partial charge in [-0.15, -0.1) is 0 Å². The number of ether oxygens (including phenoxy) is 1. The number of nitrogens with one attached hydrogen (secondary N) is 4. The molecule has 2 rings (SSSR count). The van der Waals surface area contributed by atoms with Crippen molar-refractivity contribution in [2.75, 3.05) is 42.8 Å². The van der Waals surface area contributed by atoms with Crippen molar-refractivity contribution in [2.45, 2.75) is 39.0 Å². The number of hydrogen-bond acceptors (Lipinski definition) is 5. The van der Waals surface area contributed by atoms with E-state index in [2.05, 4.69) is 28.2 Å². The van der Waals surface area contributed by atoms with Crippen LogP contribution in [0.25, 0.3) is 0 Å². The number of carbonyl (C=O) groups excluding carboxylic acids is 3. The molecule has 0 unspecified atom stereocenters. The molecule has 0 fully saturated rings. The molecule has 0 saturated heterocycles. The molecule has 0 aliphatic rings. The average molecular weight is 455 g/mol. The molecule has 0 aliphatic heterocycles. The first kappa shape index (κ1) is 25.9. The maximum absolute atomic E-state index is 12.4. The monoisotopic (exact) mass is 454 g/mol. The summed E-state index contributed by atoms with van der Waals surface area (Å²) in [5.74, 6) is -0.462. The van der Waals surface area contributed by atoms with E-state index in [1.807, 2.05) is 18.2 Å². The molecule has 0 radical (unpaired) electrons. The Bertz CT molecular complexity index is 917. The van der Waals surface area contributed by atoms with E-state index in [1.54, 1.807) is 37.4 Å². The van der Waals surface area contributed by atoms with E-state index >= 15 is 0 Å². The Morgan fingerprint density at radius 3 is 2.30 bits per heavy atom. The van der Waals surface area contributed by atoms with Crippen molar-refractivity contribution in [3.8, 4) is 0 Å². The lowest BCUT2D eigenvalue weighted by Gasteiger charge is -2.11. The van der Waals surface area contributed by atoms with E-state index in [0.717, 1.165) is 31.4 Å². The Balaban J connectivity index is 1.82. The Labute approximate surface area is 195 Å². The summed E-state index contributed by atoms with van der Waals surface area (Å²) in [4.78, 5) is 36.6. The standard InChI is InChI=1S/C25H34N4O4/c1-3-4-5-13-23(30)28-22-12-7-10-20(17-22)27-18-24(31)29-21-11-6-9-19(16-21)25(32)26-14-8-15-33-2/h6-7,9-12,16-17,27H,3-5,8,13-15,18H2,1-2H3,(H,26,32)(H,28,30)(H,29,31). The van der Waals surface area contributed by atoms with Crippen LogP contribution in [0.15, 0.2) is 48.5 Å². The van der Waals surface area contributed by atoms with Crippen molar-refractivity contribution in [3.63, 3.8) is 0 Å². The van der Waals surface area contributed by atoms with Crippen LogP contribution in [0.3, 0.4) is 0 Å². The van der Waals surface area contributed by atoms with E-state index < -0.39 is 0 Å². The molecule has 0 spiro atoms. The van der Waals surface area contributed by atoms with Crippen molar-refractivity contribution < 1.29 is 19.1 Å². The van der Waals surface area contributed by atoms with Crippen LogP contribution in [-0.2, 0) is 14.3 Å². The summed E-state index contributed by atoms with van der Waals surface area (Å²) in [6.07, 6.45) is 4.20. The third kappa shape index (κ3) is 10.2. The second kappa shape index (κ2) is 14.6. The Morgan fingerprint density at radius 2 is 1.55 bits per heavy atom. The van der Waals surface area contributed by atoms with Crippen molar-refractivity contribution in [3.05, 3.63) is 54.1 Å². The first-order valence-corrected chi connectivity index (χ1v) is 11.3. The summed E-state index contributed by atoms with van der Waals surface area (Å²) in [5, 5.41) is 11.5. The maximum Gasteiger partial charge on any atom is 0.251 e. The van der Waals surface area contributed by atoms with E-state index in [1.165, 1.54) is 0 Å².